The Morgan fingerprint density at radius 3 is 2.58 bits per heavy atom. The average molecular weight is 717 g/mol. The van der Waals surface area contributed by atoms with E-state index in [-0.39, 0.29) is 30.5 Å². The molecule has 2 amide bonds. The van der Waals surface area contributed by atoms with Gasteiger partial charge in [-0.2, -0.15) is 13.2 Å². The topological polar surface area (TPSA) is 158 Å². The standard InChI is InChI=1S/C35H35F3N10O4/c1-50-21-3-4-23(27(15-21)51-2)41-17-25-30-22(18-48(32(30)43-19-42-25)20-7-11-39-12-8-20)26-6-5-24(31-40-13-14-47(26)31)44-33(49)45-29-16-28(52-46-29)34(9-10-34)35(36,37)38/h3-6,13-16,18-20,39,41H,7-12,17H2,1-2H3,(H2,44,45,46,49). The number of piperidine rings is 1. The van der Waals surface area contributed by atoms with Gasteiger partial charge in [-0.3, -0.25) is 9.72 Å². The number of ether oxygens (including phenoxy) is 2. The summed E-state index contributed by atoms with van der Waals surface area (Å²) in [5.41, 5.74) is 2.78. The first-order valence-corrected chi connectivity index (χ1v) is 16.8. The molecule has 1 aromatic carbocycles. The molecule has 1 saturated carbocycles. The van der Waals surface area contributed by atoms with E-state index in [4.69, 9.17) is 24.0 Å². The van der Waals surface area contributed by atoms with E-state index >= 15 is 0 Å². The van der Waals surface area contributed by atoms with Crippen molar-refractivity contribution in [3.8, 4) is 22.8 Å². The van der Waals surface area contributed by atoms with Gasteiger partial charge < -0.3 is 34.5 Å². The predicted octanol–water partition coefficient (Wildman–Crippen LogP) is 6.53. The Kier molecular flexibility index (Phi) is 8.36. The van der Waals surface area contributed by atoms with Crippen molar-refractivity contribution in [2.24, 2.45) is 0 Å². The molecule has 0 bridgehead atoms. The Bertz CT molecular complexity index is 2270. The van der Waals surface area contributed by atoms with E-state index in [9.17, 15) is 18.0 Å². The minimum absolute atomic E-state index is 0.0837. The molecule has 6 heterocycles. The van der Waals surface area contributed by atoms with Gasteiger partial charge in [-0.05, 0) is 63.0 Å². The van der Waals surface area contributed by atoms with Crippen LogP contribution in [-0.2, 0) is 12.0 Å². The number of rotatable bonds is 10. The number of methoxy groups -OCH3 is 2. The zero-order valence-electron chi connectivity index (χ0n) is 28.3. The number of anilines is 3. The number of nitrogens with zero attached hydrogens (tertiary/aromatic N) is 6. The van der Waals surface area contributed by atoms with E-state index < -0.39 is 17.6 Å². The van der Waals surface area contributed by atoms with Gasteiger partial charge in [0.25, 0.3) is 0 Å². The third-order valence-corrected chi connectivity index (χ3v) is 9.83. The third-order valence-electron chi connectivity index (χ3n) is 9.83. The van der Waals surface area contributed by atoms with Crippen LogP contribution < -0.4 is 30.7 Å². The number of fused-ring (bicyclic) bond motifs is 2. The van der Waals surface area contributed by atoms with Crippen molar-refractivity contribution in [1.29, 1.82) is 0 Å². The summed E-state index contributed by atoms with van der Waals surface area (Å²) < 4.78 is 60.7. The van der Waals surface area contributed by atoms with Gasteiger partial charge in [0.15, 0.2) is 17.2 Å². The molecule has 52 heavy (non-hydrogen) atoms. The molecule has 1 aliphatic heterocycles. The second-order valence-corrected chi connectivity index (χ2v) is 12.9. The summed E-state index contributed by atoms with van der Waals surface area (Å²) in [6, 6.07) is 9.78. The van der Waals surface area contributed by atoms with Crippen molar-refractivity contribution in [2.45, 2.75) is 49.9 Å². The number of hydrogen-bond acceptors (Lipinski definition) is 10. The van der Waals surface area contributed by atoms with Crippen LogP contribution in [0.5, 0.6) is 11.5 Å². The molecule has 6 aromatic rings. The smallest absolute Gasteiger partial charge is 0.401 e. The number of hydrogen-bond donors (Lipinski definition) is 4. The van der Waals surface area contributed by atoms with E-state index in [2.05, 4.69) is 42.2 Å². The Morgan fingerprint density at radius 1 is 1.02 bits per heavy atom. The van der Waals surface area contributed by atoms with Gasteiger partial charge in [-0.15, -0.1) is 0 Å². The highest BCUT2D eigenvalue weighted by atomic mass is 19.4. The zero-order valence-corrected chi connectivity index (χ0v) is 28.3. The molecule has 17 heteroatoms. The molecule has 270 valence electrons. The van der Waals surface area contributed by atoms with E-state index in [0.29, 0.717) is 29.4 Å². The monoisotopic (exact) mass is 716 g/mol. The van der Waals surface area contributed by atoms with E-state index in [1.807, 2.05) is 28.7 Å². The number of pyridine rings is 1. The summed E-state index contributed by atoms with van der Waals surface area (Å²) >= 11 is 0. The van der Waals surface area contributed by atoms with Gasteiger partial charge in [0.2, 0.25) is 0 Å². The number of nitrogens with one attached hydrogen (secondary N) is 4. The summed E-state index contributed by atoms with van der Waals surface area (Å²) in [7, 11) is 3.20. The summed E-state index contributed by atoms with van der Waals surface area (Å²) in [6.07, 6.45) is 4.35. The molecule has 0 spiro atoms. The average Bonchev–Trinajstić information content (AvgIpc) is 3.44. The maximum absolute atomic E-state index is 13.6. The fraction of sp³-hybridized carbons (Fsp3) is 0.343. The van der Waals surface area contributed by atoms with Crippen LogP contribution in [0.4, 0.5) is 35.2 Å². The summed E-state index contributed by atoms with van der Waals surface area (Å²) in [5.74, 6) is 0.855. The van der Waals surface area contributed by atoms with Crippen molar-refractivity contribution in [3.05, 3.63) is 72.8 Å². The van der Waals surface area contributed by atoms with Crippen LogP contribution in [0.2, 0.25) is 0 Å². The molecule has 8 rings (SSSR count). The van der Waals surface area contributed by atoms with Crippen molar-refractivity contribution in [2.75, 3.05) is 43.3 Å². The lowest BCUT2D eigenvalue weighted by Gasteiger charge is -2.24. The number of urea groups is 1. The molecule has 1 aliphatic carbocycles. The molecular weight excluding hydrogens is 681 g/mol. The lowest BCUT2D eigenvalue weighted by Crippen LogP contribution is -2.29. The Morgan fingerprint density at radius 2 is 1.83 bits per heavy atom. The summed E-state index contributed by atoms with van der Waals surface area (Å²) in [5, 5.41) is 16.6. The van der Waals surface area contributed by atoms with Crippen LogP contribution in [0, 0.1) is 0 Å². The molecule has 0 unspecified atom stereocenters. The predicted molar refractivity (Wildman–Crippen MR) is 186 cm³/mol. The first-order chi connectivity index (χ1) is 25.2. The molecule has 2 fully saturated rings. The van der Waals surface area contributed by atoms with Gasteiger partial charge in [-0.25, -0.2) is 19.7 Å². The van der Waals surface area contributed by atoms with Gasteiger partial charge in [-0.1, -0.05) is 5.16 Å². The van der Waals surface area contributed by atoms with Crippen LogP contribution in [0.3, 0.4) is 0 Å². The third kappa shape index (κ3) is 5.89. The van der Waals surface area contributed by atoms with Crippen LogP contribution in [0.1, 0.15) is 43.2 Å². The van der Waals surface area contributed by atoms with E-state index in [1.165, 1.54) is 0 Å². The SMILES string of the molecule is COc1ccc(NCc2ncnc3c2c(-c2ccc(NC(=O)Nc4cc(C5(C(F)(F)F)CC5)on4)c4nccn24)cn3C2CCNCC2)c(OC)c1. The number of carbonyl (C=O) groups is 1. The highest BCUT2D eigenvalue weighted by molar-refractivity contribution is 6.02. The van der Waals surface area contributed by atoms with Gasteiger partial charge in [0.1, 0.15) is 28.9 Å². The molecule has 1 saturated heterocycles. The van der Waals surface area contributed by atoms with Gasteiger partial charge >= 0.3 is 12.2 Å². The van der Waals surface area contributed by atoms with E-state index in [0.717, 1.165) is 65.7 Å². The number of carbonyl (C=O) groups excluding carboxylic acids is 1. The molecule has 5 aromatic heterocycles. The lowest BCUT2D eigenvalue weighted by molar-refractivity contribution is -0.165. The molecule has 2 aliphatic rings. The minimum Gasteiger partial charge on any atom is -0.497 e. The van der Waals surface area contributed by atoms with Crippen LogP contribution in [0.15, 0.2) is 65.8 Å². The highest BCUT2D eigenvalue weighted by Crippen LogP contribution is 2.59. The normalized spacial score (nSPS) is 15.9. The maximum atomic E-state index is 13.6. The second-order valence-electron chi connectivity index (χ2n) is 12.9. The number of aromatic nitrogens is 6. The quantitative estimate of drug-likeness (QED) is 0.123. The molecular formula is C35H35F3N10O4. The molecule has 4 N–H and O–H groups in total. The van der Waals surface area contributed by atoms with Crippen molar-refractivity contribution >= 4 is 39.9 Å². The fourth-order valence-corrected chi connectivity index (χ4v) is 6.92. The van der Waals surface area contributed by atoms with Gasteiger partial charge in [0.05, 0.1) is 48.9 Å². The summed E-state index contributed by atoms with van der Waals surface area (Å²) in [4.78, 5) is 27.0. The Labute approximate surface area is 294 Å². The fourth-order valence-electron chi connectivity index (χ4n) is 6.92. The first kappa shape index (κ1) is 33.3. The lowest BCUT2D eigenvalue weighted by atomic mass is 10.0. The Balaban J connectivity index is 1.12. The number of imidazole rings is 1. The second kappa shape index (κ2) is 13.0. The van der Waals surface area contributed by atoms with E-state index in [1.54, 1.807) is 39.0 Å². The number of halogens is 3. The molecule has 0 radical (unpaired) electrons. The van der Waals surface area contributed by atoms with Crippen molar-refractivity contribution in [3.63, 3.8) is 0 Å². The van der Waals surface area contributed by atoms with Crippen LogP contribution >= 0.6 is 0 Å². The first-order valence-electron chi connectivity index (χ1n) is 16.8. The largest absolute Gasteiger partial charge is 0.497 e. The molecule has 0 atom stereocenters. The number of amides is 2. The minimum atomic E-state index is -4.46. The van der Waals surface area contributed by atoms with Crippen LogP contribution in [0.25, 0.3) is 27.9 Å². The zero-order chi connectivity index (χ0) is 36.0. The highest BCUT2D eigenvalue weighted by Gasteiger charge is 2.67. The number of benzene rings is 1. The molecule has 14 nitrogen and oxygen atoms in total. The number of alkyl halides is 3. The summed E-state index contributed by atoms with van der Waals surface area (Å²) in [6.45, 7) is 2.15. The Hall–Kier alpha value is -5.84. The van der Waals surface area contributed by atoms with Crippen LogP contribution in [-0.4, -0.2) is 68.6 Å². The maximum Gasteiger partial charge on any atom is 0.401 e. The van der Waals surface area contributed by atoms with Crippen molar-refractivity contribution < 1.29 is 32.0 Å². The van der Waals surface area contributed by atoms with Gasteiger partial charge in [0, 0.05) is 42.3 Å². The van der Waals surface area contributed by atoms with Crippen molar-refractivity contribution in [1.82, 2.24) is 34.4 Å².